The highest BCUT2D eigenvalue weighted by atomic mass is 32.2. The summed E-state index contributed by atoms with van der Waals surface area (Å²) in [6, 6.07) is 13.6. The Kier molecular flexibility index (Phi) is 5.71. The molecule has 0 aliphatic carbocycles. The lowest BCUT2D eigenvalue weighted by molar-refractivity contribution is -0.119. The Balaban J connectivity index is 1.34. The predicted octanol–water partition coefficient (Wildman–Crippen LogP) is 4.13. The Morgan fingerprint density at radius 2 is 1.93 bits per heavy atom. The van der Waals surface area contributed by atoms with E-state index < -0.39 is 0 Å². The van der Waals surface area contributed by atoms with Crippen LogP contribution >= 0.6 is 11.8 Å². The van der Waals surface area contributed by atoms with Gasteiger partial charge in [-0.1, -0.05) is 48.5 Å². The van der Waals surface area contributed by atoms with Crippen molar-refractivity contribution in [1.82, 2.24) is 15.5 Å². The van der Waals surface area contributed by atoms with Crippen LogP contribution in [0.4, 0.5) is 0 Å². The Bertz CT molecular complexity index is 1000. The molecule has 0 bridgehead atoms. The van der Waals surface area contributed by atoms with Crippen molar-refractivity contribution in [2.45, 2.75) is 31.5 Å². The van der Waals surface area contributed by atoms with Gasteiger partial charge in [-0.25, -0.2) is 0 Å². The number of fused-ring (bicyclic) bond motifs is 1. The molecule has 1 atom stereocenters. The van der Waals surface area contributed by atoms with Gasteiger partial charge >= 0.3 is 0 Å². The molecule has 2 aromatic carbocycles. The molecule has 7 nitrogen and oxygen atoms in total. The van der Waals surface area contributed by atoms with Crippen molar-refractivity contribution in [2.24, 2.45) is 0 Å². The van der Waals surface area contributed by atoms with Gasteiger partial charge in [-0.2, -0.15) is 0 Å². The summed E-state index contributed by atoms with van der Waals surface area (Å²) < 4.78 is 16.3. The number of nitrogens with one attached hydrogen (secondary N) is 1. The minimum atomic E-state index is -0.0785. The minimum absolute atomic E-state index is 0.0180. The molecule has 0 spiro atoms. The van der Waals surface area contributed by atoms with Crippen molar-refractivity contribution in [3.05, 3.63) is 53.6 Å². The quantitative estimate of drug-likeness (QED) is 0.585. The van der Waals surface area contributed by atoms with Crippen LogP contribution in [0.1, 0.15) is 30.5 Å². The summed E-state index contributed by atoms with van der Waals surface area (Å²) in [7, 11) is 0. The monoisotopic (exact) mass is 411 g/mol. The van der Waals surface area contributed by atoms with Gasteiger partial charge in [0.1, 0.15) is 0 Å². The molecule has 0 unspecified atom stereocenters. The third-order valence-corrected chi connectivity index (χ3v) is 5.39. The van der Waals surface area contributed by atoms with Crippen LogP contribution in [0.3, 0.4) is 0 Å². The maximum Gasteiger partial charge on any atom is 0.277 e. The Morgan fingerprint density at radius 1 is 1.14 bits per heavy atom. The van der Waals surface area contributed by atoms with Crippen LogP contribution in [0, 0.1) is 6.92 Å². The second kappa shape index (κ2) is 8.57. The average Bonchev–Trinajstić information content (AvgIpc) is 3.40. The molecule has 4 rings (SSSR count). The SMILES string of the molecule is CC[C@H](NC(=O)CSc1nnc(-c2ccc3c(c2)OCO3)o1)c1ccc(C)cc1. The minimum Gasteiger partial charge on any atom is -0.454 e. The lowest BCUT2D eigenvalue weighted by Crippen LogP contribution is -2.29. The summed E-state index contributed by atoms with van der Waals surface area (Å²) in [6.07, 6.45) is 0.814. The lowest BCUT2D eigenvalue weighted by Gasteiger charge is -2.17. The van der Waals surface area contributed by atoms with Gasteiger partial charge in [-0.15, -0.1) is 10.2 Å². The summed E-state index contributed by atoms with van der Waals surface area (Å²) in [4.78, 5) is 12.4. The van der Waals surface area contributed by atoms with E-state index in [9.17, 15) is 4.79 Å². The van der Waals surface area contributed by atoms with E-state index >= 15 is 0 Å². The first-order chi connectivity index (χ1) is 14.1. The Morgan fingerprint density at radius 3 is 2.72 bits per heavy atom. The molecule has 1 aliphatic heterocycles. The van der Waals surface area contributed by atoms with Gasteiger partial charge in [0.05, 0.1) is 11.8 Å². The maximum absolute atomic E-state index is 12.4. The van der Waals surface area contributed by atoms with Crippen LogP contribution in [0.25, 0.3) is 11.5 Å². The van der Waals surface area contributed by atoms with Crippen molar-refractivity contribution in [3.8, 4) is 23.0 Å². The summed E-state index contributed by atoms with van der Waals surface area (Å²) >= 11 is 1.21. The van der Waals surface area contributed by atoms with Gasteiger partial charge in [0.15, 0.2) is 11.5 Å². The van der Waals surface area contributed by atoms with Crippen molar-refractivity contribution in [1.29, 1.82) is 0 Å². The van der Waals surface area contributed by atoms with E-state index in [4.69, 9.17) is 13.9 Å². The van der Waals surface area contributed by atoms with Gasteiger partial charge < -0.3 is 19.2 Å². The molecule has 150 valence electrons. The number of amides is 1. The van der Waals surface area contributed by atoms with Crippen LogP contribution in [0.2, 0.25) is 0 Å². The first-order valence-corrected chi connectivity index (χ1v) is 10.3. The highest BCUT2D eigenvalue weighted by Gasteiger charge is 2.18. The summed E-state index contributed by atoms with van der Waals surface area (Å²) in [5.74, 6) is 1.84. The zero-order chi connectivity index (χ0) is 20.2. The molecule has 2 heterocycles. The topological polar surface area (TPSA) is 86.5 Å². The van der Waals surface area contributed by atoms with E-state index in [1.165, 1.54) is 17.3 Å². The molecule has 0 saturated carbocycles. The van der Waals surface area contributed by atoms with E-state index in [0.29, 0.717) is 22.6 Å². The molecule has 0 radical (unpaired) electrons. The highest BCUT2D eigenvalue weighted by molar-refractivity contribution is 7.99. The van der Waals surface area contributed by atoms with Gasteiger partial charge in [0, 0.05) is 5.56 Å². The number of thioether (sulfide) groups is 1. The number of aromatic nitrogens is 2. The fourth-order valence-corrected chi connectivity index (χ4v) is 3.57. The zero-order valence-corrected chi connectivity index (χ0v) is 17.0. The van der Waals surface area contributed by atoms with Crippen LogP contribution in [0.15, 0.2) is 52.1 Å². The van der Waals surface area contributed by atoms with Crippen molar-refractivity contribution in [2.75, 3.05) is 12.5 Å². The zero-order valence-electron chi connectivity index (χ0n) is 16.2. The standard InChI is InChI=1S/C21H21N3O4S/c1-3-16(14-6-4-13(2)5-7-14)22-19(25)11-29-21-24-23-20(28-21)15-8-9-17-18(10-15)27-12-26-17/h4-10,16H,3,11-12H2,1-2H3,(H,22,25)/t16-/m0/s1. The van der Waals surface area contributed by atoms with Crippen LogP contribution in [-0.4, -0.2) is 28.7 Å². The van der Waals surface area contributed by atoms with Crippen molar-refractivity contribution < 1.29 is 18.7 Å². The number of ether oxygens (including phenoxy) is 2. The number of carbonyl (C=O) groups excluding carboxylic acids is 1. The molecule has 1 N–H and O–H groups in total. The lowest BCUT2D eigenvalue weighted by atomic mass is 10.0. The number of benzene rings is 2. The normalized spacial score (nSPS) is 13.3. The third kappa shape index (κ3) is 4.54. The second-order valence-electron chi connectivity index (χ2n) is 6.67. The Hall–Kier alpha value is -3.00. The van der Waals surface area contributed by atoms with E-state index in [0.717, 1.165) is 17.5 Å². The smallest absolute Gasteiger partial charge is 0.277 e. The van der Waals surface area contributed by atoms with Crippen LogP contribution < -0.4 is 14.8 Å². The van der Waals surface area contributed by atoms with Gasteiger partial charge in [0.2, 0.25) is 18.6 Å². The van der Waals surface area contributed by atoms with E-state index in [-0.39, 0.29) is 24.5 Å². The second-order valence-corrected chi connectivity index (χ2v) is 7.60. The first-order valence-electron chi connectivity index (χ1n) is 9.34. The maximum atomic E-state index is 12.4. The van der Waals surface area contributed by atoms with E-state index in [1.54, 1.807) is 12.1 Å². The molecule has 0 saturated heterocycles. The fraction of sp³-hybridized carbons (Fsp3) is 0.286. The molecule has 1 aliphatic rings. The van der Waals surface area contributed by atoms with Crippen molar-refractivity contribution in [3.63, 3.8) is 0 Å². The molecule has 1 amide bonds. The Labute approximate surface area is 172 Å². The van der Waals surface area contributed by atoms with Crippen molar-refractivity contribution >= 4 is 17.7 Å². The molecule has 3 aromatic rings. The summed E-state index contributed by atoms with van der Waals surface area (Å²) in [6.45, 7) is 4.30. The van der Waals surface area contributed by atoms with E-state index in [2.05, 4.69) is 27.6 Å². The fourth-order valence-electron chi connectivity index (χ4n) is 3.00. The van der Waals surface area contributed by atoms with Crippen LogP contribution in [0.5, 0.6) is 11.5 Å². The molecule has 29 heavy (non-hydrogen) atoms. The van der Waals surface area contributed by atoms with Gasteiger partial charge in [-0.3, -0.25) is 4.79 Å². The number of carbonyl (C=O) groups is 1. The molecular formula is C21H21N3O4S. The molecule has 0 fully saturated rings. The number of aryl methyl sites for hydroxylation is 1. The molecular weight excluding hydrogens is 390 g/mol. The molecule has 1 aromatic heterocycles. The van der Waals surface area contributed by atoms with Gasteiger partial charge in [-0.05, 0) is 37.1 Å². The summed E-state index contributed by atoms with van der Waals surface area (Å²) in [5.41, 5.74) is 3.03. The number of nitrogens with zero attached hydrogens (tertiary/aromatic N) is 2. The van der Waals surface area contributed by atoms with Crippen LogP contribution in [-0.2, 0) is 4.79 Å². The predicted molar refractivity (Wildman–Crippen MR) is 109 cm³/mol. The number of rotatable bonds is 7. The summed E-state index contributed by atoms with van der Waals surface area (Å²) in [5, 5.41) is 11.5. The number of hydrogen-bond donors (Lipinski definition) is 1. The highest BCUT2D eigenvalue weighted by Crippen LogP contribution is 2.36. The average molecular weight is 411 g/mol. The largest absolute Gasteiger partial charge is 0.454 e. The molecule has 8 heteroatoms. The number of hydrogen-bond acceptors (Lipinski definition) is 7. The van der Waals surface area contributed by atoms with E-state index in [1.807, 2.05) is 32.0 Å². The third-order valence-electron chi connectivity index (χ3n) is 4.58. The first kappa shape index (κ1) is 19.3. The van der Waals surface area contributed by atoms with Gasteiger partial charge in [0.25, 0.3) is 5.22 Å².